The van der Waals surface area contributed by atoms with Crippen LogP contribution in [0.4, 0.5) is 8.78 Å². The molecule has 0 atom stereocenters. The lowest BCUT2D eigenvalue weighted by Crippen LogP contribution is -2.07. The molecule has 2 heterocycles. The van der Waals surface area contributed by atoms with Crippen molar-refractivity contribution < 1.29 is 8.78 Å². The van der Waals surface area contributed by atoms with Crippen molar-refractivity contribution in [3.8, 4) is 0 Å². The molecule has 3 rings (SSSR count). The quantitative estimate of drug-likeness (QED) is 0.680. The number of benzene rings is 1. The Labute approximate surface area is 129 Å². The second-order valence-electron chi connectivity index (χ2n) is 4.65. The smallest absolute Gasteiger partial charge is 0.184 e. The summed E-state index contributed by atoms with van der Waals surface area (Å²) in [6, 6.07) is 2.57. The van der Waals surface area contributed by atoms with Crippen LogP contribution in [-0.2, 0) is 13.0 Å². The van der Waals surface area contributed by atoms with Crippen molar-refractivity contribution in [3.05, 3.63) is 45.7 Å². The first-order valence-electron chi connectivity index (χ1n) is 6.40. The highest BCUT2D eigenvalue weighted by Crippen LogP contribution is 2.24. The van der Waals surface area contributed by atoms with Gasteiger partial charge in [-0.05, 0) is 19.1 Å². The van der Waals surface area contributed by atoms with Crippen molar-refractivity contribution in [2.75, 3.05) is 5.88 Å². The zero-order valence-corrected chi connectivity index (χ0v) is 12.8. The Kier molecular flexibility index (Phi) is 3.91. The van der Waals surface area contributed by atoms with Gasteiger partial charge in [-0.2, -0.15) is 0 Å². The van der Waals surface area contributed by atoms with Gasteiger partial charge in [-0.25, -0.2) is 18.7 Å². The monoisotopic (exact) mass is 327 g/mol. The Morgan fingerprint density at radius 1 is 1.33 bits per heavy atom. The van der Waals surface area contributed by atoms with Gasteiger partial charge in [0.2, 0.25) is 0 Å². The molecular formula is C14H12ClF2N3S. The Balaban J connectivity index is 2.16. The molecule has 0 saturated carbocycles. The van der Waals surface area contributed by atoms with E-state index in [1.165, 1.54) is 17.4 Å². The highest BCUT2D eigenvalue weighted by atomic mass is 35.5. The number of hydrogen-bond acceptors (Lipinski definition) is 3. The van der Waals surface area contributed by atoms with E-state index in [0.29, 0.717) is 30.2 Å². The van der Waals surface area contributed by atoms with Crippen molar-refractivity contribution in [1.29, 1.82) is 0 Å². The number of aromatic nitrogens is 3. The number of hydrogen-bond donors (Lipinski definition) is 0. The number of rotatable bonds is 4. The summed E-state index contributed by atoms with van der Waals surface area (Å²) in [4.78, 5) is 9.70. The third kappa shape index (κ3) is 2.65. The summed E-state index contributed by atoms with van der Waals surface area (Å²) in [6.45, 7) is 2.31. The molecule has 0 N–H and O–H groups in total. The van der Waals surface area contributed by atoms with Crippen LogP contribution in [0.2, 0.25) is 0 Å². The minimum Gasteiger partial charge on any atom is -0.318 e. The third-order valence-corrected chi connectivity index (χ3v) is 4.25. The molecule has 1 aromatic carbocycles. The Hall–Kier alpha value is -1.53. The minimum atomic E-state index is -0.880. The third-order valence-electron chi connectivity index (χ3n) is 3.16. The molecule has 2 aromatic heterocycles. The van der Waals surface area contributed by atoms with E-state index < -0.39 is 11.6 Å². The van der Waals surface area contributed by atoms with E-state index in [2.05, 4.69) is 9.97 Å². The van der Waals surface area contributed by atoms with Crippen LogP contribution < -0.4 is 0 Å². The predicted molar refractivity (Wildman–Crippen MR) is 80.0 cm³/mol. The molecule has 0 spiro atoms. The Bertz CT molecular complexity index is 797. The molecule has 0 unspecified atom stereocenters. The maximum absolute atomic E-state index is 14.1. The van der Waals surface area contributed by atoms with E-state index in [-0.39, 0.29) is 5.52 Å². The summed E-state index contributed by atoms with van der Waals surface area (Å²) < 4.78 is 29.3. The molecule has 0 saturated heterocycles. The Morgan fingerprint density at radius 2 is 2.14 bits per heavy atom. The number of fused-ring (bicyclic) bond motifs is 1. The predicted octanol–water partition coefficient (Wildman–Crippen LogP) is 3.91. The van der Waals surface area contributed by atoms with E-state index >= 15 is 0 Å². The van der Waals surface area contributed by atoms with E-state index in [9.17, 15) is 8.78 Å². The molecule has 0 aliphatic carbocycles. The van der Waals surface area contributed by atoms with Crippen LogP contribution in [0.3, 0.4) is 0 Å². The molecule has 0 aliphatic heterocycles. The van der Waals surface area contributed by atoms with Gasteiger partial charge in [0.15, 0.2) is 11.6 Å². The van der Waals surface area contributed by atoms with Gasteiger partial charge < -0.3 is 4.57 Å². The van der Waals surface area contributed by atoms with E-state index in [4.69, 9.17) is 11.6 Å². The minimum absolute atomic E-state index is 0.169. The number of aryl methyl sites for hydroxylation is 2. The van der Waals surface area contributed by atoms with Gasteiger partial charge in [0.05, 0.1) is 12.1 Å². The van der Waals surface area contributed by atoms with Gasteiger partial charge in [-0.3, -0.25) is 0 Å². The molecular weight excluding hydrogens is 316 g/mol. The summed E-state index contributed by atoms with van der Waals surface area (Å²) in [5.74, 6) is -0.757. The summed E-state index contributed by atoms with van der Waals surface area (Å²) in [5.41, 5.74) is 0.602. The lowest BCUT2D eigenvalue weighted by molar-refractivity contribution is 0.511. The maximum Gasteiger partial charge on any atom is 0.184 e. The van der Waals surface area contributed by atoms with E-state index in [1.54, 1.807) is 10.8 Å². The van der Waals surface area contributed by atoms with Crippen molar-refractivity contribution in [2.45, 2.75) is 19.9 Å². The van der Waals surface area contributed by atoms with Gasteiger partial charge in [0, 0.05) is 23.4 Å². The summed E-state index contributed by atoms with van der Waals surface area (Å²) in [7, 11) is 0. The molecule has 21 heavy (non-hydrogen) atoms. The number of imidazole rings is 1. The van der Waals surface area contributed by atoms with Gasteiger partial charge in [-0.15, -0.1) is 22.9 Å². The molecule has 3 nitrogen and oxygen atoms in total. The Morgan fingerprint density at radius 3 is 2.81 bits per heavy atom. The van der Waals surface area contributed by atoms with Crippen LogP contribution in [0.5, 0.6) is 0 Å². The highest BCUT2D eigenvalue weighted by molar-refractivity contribution is 7.11. The van der Waals surface area contributed by atoms with Crippen molar-refractivity contribution in [1.82, 2.24) is 14.5 Å². The van der Waals surface area contributed by atoms with Crippen LogP contribution >= 0.6 is 22.9 Å². The fraction of sp³-hybridized carbons (Fsp3) is 0.286. The van der Waals surface area contributed by atoms with Crippen LogP contribution in [-0.4, -0.2) is 20.4 Å². The van der Waals surface area contributed by atoms with Crippen molar-refractivity contribution in [2.24, 2.45) is 0 Å². The van der Waals surface area contributed by atoms with E-state index in [1.807, 2.05) is 6.92 Å². The largest absolute Gasteiger partial charge is 0.318 e. The van der Waals surface area contributed by atoms with Crippen molar-refractivity contribution in [3.63, 3.8) is 0 Å². The van der Waals surface area contributed by atoms with Crippen LogP contribution in [0.25, 0.3) is 11.0 Å². The lowest BCUT2D eigenvalue weighted by Gasteiger charge is -2.07. The normalized spacial score (nSPS) is 11.4. The molecule has 0 bridgehead atoms. The van der Waals surface area contributed by atoms with Crippen LogP contribution in [0, 0.1) is 18.6 Å². The molecule has 0 radical (unpaired) electrons. The van der Waals surface area contributed by atoms with Crippen LogP contribution in [0.1, 0.15) is 15.7 Å². The van der Waals surface area contributed by atoms with Gasteiger partial charge in [-0.1, -0.05) is 0 Å². The average molecular weight is 328 g/mol. The highest BCUT2D eigenvalue weighted by Gasteiger charge is 2.18. The van der Waals surface area contributed by atoms with Crippen LogP contribution in [0.15, 0.2) is 18.3 Å². The van der Waals surface area contributed by atoms with Crippen molar-refractivity contribution >= 4 is 34.0 Å². The molecule has 0 aliphatic rings. The summed E-state index contributed by atoms with van der Waals surface area (Å²) in [5, 5.41) is 0.825. The number of alkyl halides is 1. The van der Waals surface area contributed by atoms with Gasteiger partial charge in [0.1, 0.15) is 16.3 Å². The van der Waals surface area contributed by atoms with Gasteiger partial charge >= 0.3 is 0 Å². The zero-order valence-electron chi connectivity index (χ0n) is 11.2. The maximum atomic E-state index is 14.1. The number of nitrogens with zero attached hydrogens (tertiary/aromatic N) is 3. The molecule has 0 amide bonds. The fourth-order valence-corrected chi connectivity index (χ4v) is 3.21. The first-order chi connectivity index (χ1) is 10.1. The number of halogens is 3. The first kappa shape index (κ1) is 14.4. The SMILES string of the molecule is Cc1cnc(Cn2c(CCCl)nc3ccc(F)c(F)c32)s1. The second-order valence-corrected chi connectivity index (χ2v) is 6.34. The standard InChI is InChI=1S/C14H12ClF2N3S/c1-8-6-18-12(21-8)7-20-11(4-5-15)19-10-3-2-9(16)13(17)14(10)20/h2-3,6H,4-5,7H2,1H3. The molecule has 3 aromatic rings. The summed E-state index contributed by atoms with van der Waals surface area (Å²) in [6.07, 6.45) is 2.25. The van der Waals surface area contributed by atoms with Gasteiger partial charge in [0.25, 0.3) is 0 Å². The second kappa shape index (κ2) is 5.69. The summed E-state index contributed by atoms with van der Waals surface area (Å²) >= 11 is 7.30. The zero-order chi connectivity index (χ0) is 15.0. The lowest BCUT2D eigenvalue weighted by atomic mass is 10.3. The topological polar surface area (TPSA) is 30.7 Å². The van der Waals surface area contributed by atoms with E-state index in [0.717, 1.165) is 16.0 Å². The fourth-order valence-electron chi connectivity index (χ4n) is 2.26. The molecule has 0 fully saturated rings. The molecule has 110 valence electrons. The average Bonchev–Trinajstić information content (AvgIpc) is 3.00. The number of thiazole rings is 1. The molecule has 7 heteroatoms. The first-order valence-corrected chi connectivity index (χ1v) is 7.75.